The Bertz CT molecular complexity index is 315. The highest BCUT2D eigenvalue weighted by molar-refractivity contribution is 7.96. The molecule has 0 aromatic heterocycles. The first kappa shape index (κ1) is 11.8. The Hall–Kier alpha value is -0.670. The molecule has 0 N–H and O–H groups in total. The molecule has 0 saturated carbocycles. The highest BCUT2D eigenvalue weighted by atomic mass is 32.2. The smallest absolute Gasteiger partial charge is 0.0367 e. The molecule has 0 bridgehead atoms. The van der Waals surface area contributed by atoms with Crippen LogP contribution in [0.25, 0.3) is 0 Å². The van der Waals surface area contributed by atoms with Gasteiger partial charge in [0, 0.05) is 37.6 Å². The Morgan fingerprint density at radius 1 is 1.06 bits per heavy atom. The molecule has 0 amide bonds. The number of hydrogen-bond donors (Lipinski definition) is 0. The van der Waals surface area contributed by atoms with Crippen molar-refractivity contribution in [2.24, 2.45) is 0 Å². The zero-order valence-corrected chi connectivity index (χ0v) is 11.0. The Morgan fingerprint density at radius 2 is 1.69 bits per heavy atom. The molecule has 0 radical (unpaired) electrons. The van der Waals surface area contributed by atoms with E-state index < -0.39 is 0 Å². The lowest BCUT2D eigenvalue weighted by atomic mass is 10.2. The number of rotatable bonds is 3. The largest absolute Gasteiger partial charge is 0.369 e. The molecular weight excluding hydrogens is 216 g/mol. The molecule has 1 aromatic rings. The van der Waals surface area contributed by atoms with Crippen molar-refractivity contribution in [3.05, 3.63) is 29.8 Å². The average molecular weight is 236 g/mol. The molecular formula is C13H20N2S. The van der Waals surface area contributed by atoms with Gasteiger partial charge in [-0.1, -0.05) is 36.6 Å². The van der Waals surface area contributed by atoms with E-state index in [-0.39, 0.29) is 0 Å². The van der Waals surface area contributed by atoms with E-state index in [0.29, 0.717) is 0 Å². The van der Waals surface area contributed by atoms with Gasteiger partial charge in [0.1, 0.15) is 0 Å². The van der Waals surface area contributed by atoms with Crippen LogP contribution >= 0.6 is 11.9 Å². The summed E-state index contributed by atoms with van der Waals surface area (Å²) in [5.41, 5.74) is 2.70. The molecule has 3 heteroatoms. The van der Waals surface area contributed by atoms with Gasteiger partial charge in [-0.15, -0.1) is 0 Å². The third kappa shape index (κ3) is 2.92. The standard InChI is InChI=1S/C13H20N2S/c1-3-16-15-10-8-14(9-11-15)13-6-4-12(2)5-7-13/h4-7H,3,8-11H2,1-2H3. The van der Waals surface area contributed by atoms with E-state index in [2.05, 4.69) is 47.3 Å². The first-order chi connectivity index (χ1) is 7.79. The summed E-state index contributed by atoms with van der Waals surface area (Å²) in [7, 11) is 0. The molecule has 1 aliphatic heterocycles. The molecule has 1 saturated heterocycles. The summed E-state index contributed by atoms with van der Waals surface area (Å²) in [6, 6.07) is 8.86. The molecule has 1 aromatic carbocycles. The minimum atomic E-state index is 1.15. The van der Waals surface area contributed by atoms with Gasteiger partial charge in [0.05, 0.1) is 0 Å². The summed E-state index contributed by atoms with van der Waals surface area (Å²) in [5.74, 6) is 1.19. The molecule has 16 heavy (non-hydrogen) atoms. The van der Waals surface area contributed by atoms with Crippen LogP contribution in [0.15, 0.2) is 24.3 Å². The van der Waals surface area contributed by atoms with Crippen molar-refractivity contribution in [3.63, 3.8) is 0 Å². The van der Waals surface area contributed by atoms with Crippen LogP contribution in [0, 0.1) is 6.92 Å². The average Bonchev–Trinajstić information content (AvgIpc) is 2.32. The number of anilines is 1. The van der Waals surface area contributed by atoms with Crippen LogP contribution in [0.4, 0.5) is 5.69 Å². The molecule has 0 unspecified atom stereocenters. The van der Waals surface area contributed by atoms with Crippen molar-refractivity contribution in [2.45, 2.75) is 13.8 Å². The van der Waals surface area contributed by atoms with Gasteiger partial charge >= 0.3 is 0 Å². The second kappa shape index (κ2) is 5.60. The minimum absolute atomic E-state index is 1.15. The van der Waals surface area contributed by atoms with E-state index in [1.807, 2.05) is 11.9 Å². The topological polar surface area (TPSA) is 6.48 Å². The van der Waals surface area contributed by atoms with Crippen LogP contribution in [0.3, 0.4) is 0 Å². The summed E-state index contributed by atoms with van der Waals surface area (Å²) >= 11 is 1.96. The molecule has 2 rings (SSSR count). The fourth-order valence-corrected chi connectivity index (χ4v) is 2.80. The molecule has 0 spiro atoms. The van der Waals surface area contributed by atoms with E-state index in [1.54, 1.807) is 0 Å². The highest BCUT2D eigenvalue weighted by Gasteiger charge is 2.16. The molecule has 88 valence electrons. The van der Waals surface area contributed by atoms with Gasteiger partial charge in [-0.2, -0.15) is 0 Å². The van der Waals surface area contributed by atoms with Gasteiger partial charge in [0.2, 0.25) is 0 Å². The first-order valence-corrected chi connectivity index (χ1v) is 6.93. The first-order valence-electron chi connectivity index (χ1n) is 5.99. The summed E-state index contributed by atoms with van der Waals surface area (Å²) in [5, 5.41) is 0. The zero-order chi connectivity index (χ0) is 11.4. The van der Waals surface area contributed by atoms with Gasteiger partial charge in [0.15, 0.2) is 0 Å². The van der Waals surface area contributed by atoms with Crippen molar-refractivity contribution in [1.29, 1.82) is 0 Å². The van der Waals surface area contributed by atoms with Crippen molar-refractivity contribution in [1.82, 2.24) is 4.31 Å². The lowest BCUT2D eigenvalue weighted by Crippen LogP contribution is -2.43. The van der Waals surface area contributed by atoms with E-state index >= 15 is 0 Å². The number of aryl methyl sites for hydroxylation is 1. The van der Waals surface area contributed by atoms with Crippen molar-refractivity contribution in [2.75, 3.05) is 36.8 Å². The predicted molar refractivity (Wildman–Crippen MR) is 73.1 cm³/mol. The maximum atomic E-state index is 2.48. The van der Waals surface area contributed by atoms with E-state index in [1.165, 1.54) is 30.1 Å². The summed E-state index contributed by atoms with van der Waals surface area (Å²) in [6.45, 7) is 9.00. The second-order valence-corrected chi connectivity index (χ2v) is 5.52. The predicted octanol–water partition coefficient (Wildman–Crippen LogP) is 2.79. The van der Waals surface area contributed by atoms with Gasteiger partial charge in [-0.3, -0.25) is 0 Å². The number of hydrogen-bond acceptors (Lipinski definition) is 3. The monoisotopic (exact) mass is 236 g/mol. The van der Waals surface area contributed by atoms with E-state index in [9.17, 15) is 0 Å². The maximum Gasteiger partial charge on any atom is 0.0367 e. The molecule has 1 fully saturated rings. The molecule has 1 aliphatic rings. The van der Waals surface area contributed by atoms with E-state index in [0.717, 1.165) is 13.1 Å². The third-order valence-corrected chi connectivity index (χ3v) is 3.94. The van der Waals surface area contributed by atoms with Crippen molar-refractivity contribution < 1.29 is 0 Å². The van der Waals surface area contributed by atoms with Crippen molar-refractivity contribution in [3.8, 4) is 0 Å². The van der Waals surface area contributed by atoms with Crippen LogP contribution in [0.2, 0.25) is 0 Å². The van der Waals surface area contributed by atoms with Gasteiger partial charge in [-0.05, 0) is 19.1 Å². The Labute approximate surface area is 103 Å². The fourth-order valence-electron chi connectivity index (χ4n) is 2.01. The lowest BCUT2D eigenvalue weighted by Gasteiger charge is -2.35. The van der Waals surface area contributed by atoms with Gasteiger partial charge in [0.25, 0.3) is 0 Å². The van der Waals surface area contributed by atoms with Crippen LogP contribution in [0.5, 0.6) is 0 Å². The van der Waals surface area contributed by atoms with Crippen LogP contribution in [-0.4, -0.2) is 36.2 Å². The van der Waals surface area contributed by atoms with Gasteiger partial charge < -0.3 is 4.90 Å². The minimum Gasteiger partial charge on any atom is -0.369 e. The SMILES string of the molecule is CCSN1CCN(c2ccc(C)cc2)CC1. The van der Waals surface area contributed by atoms with Crippen LogP contribution in [-0.2, 0) is 0 Å². The highest BCUT2D eigenvalue weighted by Crippen LogP contribution is 2.19. The lowest BCUT2D eigenvalue weighted by molar-refractivity contribution is 0.430. The van der Waals surface area contributed by atoms with Crippen LogP contribution in [0.1, 0.15) is 12.5 Å². The number of piperazine rings is 1. The summed E-state index contributed by atoms with van der Waals surface area (Å²) in [6.07, 6.45) is 0. The Kier molecular flexibility index (Phi) is 4.13. The second-order valence-electron chi connectivity index (χ2n) is 4.17. The normalized spacial score (nSPS) is 17.8. The molecule has 2 nitrogen and oxygen atoms in total. The Balaban J connectivity index is 1.91. The molecule has 1 heterocycles. The van der Waals surface area contributed by atoms with Gasteiger partial charge in [-0.25, -0.2) is 4.31 Å². The third-order valence-electron chi connectivity index (χ3n) is 2.95. The number of benzene rings is 1. The summed E-state index contributed by atoms with van der Waals surface area (Å²) in [4.78, 5) is 2.48. The maximum absolute atomic E-state index is 2.48. The van der Waals surface area contributed by atoms with E-state index in [4.69, 9.17) is 0 Å². The quantitative estimate of drug-likeness (QED) is 0.745. The van der Waals surface area contributed by atoms with Crippen molar-refractivity contribution >= 4 is 17.6 Å². The zero-order valence-electron chi connectivity index (χ0n) is 10.1. The fraction of sp³-hybridized carbons (Fsp3) is 0.538. The Morgan fingerprint density at radius 3 is 2.25 bits per heavy atom. The molecule has 0 atom stereocenters. The summed E-state index contributed by atoms with van der Waals surface area (Å²) < 4.78 is 2.48. The van der Waals surface area contributed by atoms with Crippen LogP contribution < -0.4 is 4.90 Å². The number of nitrogens with zero attached hydrogens (tertiary/aromatic N) is 2. The molecule has 0 aliphatic carbocycles.